The van der Waals surface area contributed by atoms with Crippen molar-refractivity contribution in [3.05, 3.63) is 35.7 Å². The van der Waals surface area contributed by atoms with E-state index in [9.17, 15) is 4.79 Å². The molecule has 0 saturated carbocycles. The zero-order valence-corrected chi connectivity index (χ0v) is 17.1. The maximum Gasteiger partial charge on any atom is 0.303 e. The van der Waals surface area contributed by atoms with Gasteiger partial charge < -0.3 is 15.2 Å². The van der Waals surface area contributed by atoms with Gasteiger partial charge in [0.15, 0.2) is 5.82 Å². The van der Waals surface area contributed by atoms with Gasteiger partial charge in [-0.2, -0.15) is 10.1 Å². The average molecular weight is 402 g/mol. The lowest BCUT2D eigenvalue weighted by Gasteiger charge is -2.26. The molecule has 1 aromatic carbocycles. The molecule has 0 bridgehead atoms. The van der Waals surface area contributed by atoms with Gasteiger partial charge in [-0.05, 0) is 50.0 Å². The number of aliphatic carboxylic acids is 1. The predicted octanol–water partition coefficient (Wildman–Crippen LogP) is 2.70. The van der Waals surface area contributed by atoms with Gasteiger partial charge in [0.25, 0.3) is 0 Å². The summed E-state index contributed by atoms with van der Waals surface area (Å²) in [6, 6.07) is 8.37. The van der Waals surface area contributed by atoms with E-state index in [1.807, 2.05) is 6.07 Å². The van der Waals surface area contributed by atoms with Gasteiger partial charge in [0, 0.05) is 26.6 Å². The van der Waals surface area contributed by atoms with Crippen molar-refractivity contribution in [3.8, 4) is 5.75 Å². The molecular formula is C21H31N5O3. The van der Waals surface area contributed by atoms with Crippen molar-refractivity contribution in [2.45, 2.75) is 45.1 Å². The molecule has 0 radical (unpaired) electrons. The molecule has 8 heteroatoms. The zero-order valence-electron chi connectivity index (χ0n) is 17.1. The van der Waals surface area contributed by atoms with Crippen LogP contribution in [0.25, 0.3) is 0 Å². The molecule has 158 valence electrons. The molecule has 1 saturated heterocycles. The molecular weight excluding hydrogens is 370 g/mol. The molecule has 0 amide bonds. The SMILES string of the molecule is Cn1nc(CCC(=O)O)nc1NCCCOc1cccc(CN2CCCCC2)c1. The highest BCUT2D eigenvalue weighted by Crippen LogP contribution is 2.17. The van der Waals surface area contributed by atoms with Crippen LogP contribution in [0.15, 0.2) is 24.3 Å². The number of aryl methyl sites for hydroxylation is 2. The first kappa shape index (κ1) is 21.1. The highest BCUT2D eigenvalue weighted by atomic mass is 16.5. The van der Waals surface area contributed by atoms with Crippen molar-refractivity contribution >= 4 is 11.9 Å². The van der Waals surface area contributed by atoms with Crippen LogP contribution >= 0.6 is 0 Å². The summed E-state index contributed by atoms with van der Waals surface area (Å²) in [5.74, 6) is 1.26. The van der Waals surface area contributed by atoms with E-state index in [1.165, 1.54) is 37.9 Å². The monoisotopic (exact) mass is 401 g/mol. The molecule has 0 aliphatic carbocycles. The quantitative estimate of drug-likeness (QED) is 0.559. The number of nitrogens with zero attached hydrogens (tertiary/aromatic N) is 4. The van der Waals surface area contributed by atoms with Crippen molar-refractivity contribution in [1.29, 1.82) is 0 Å². The summed E-state index contributed by atoms with van der Waals surface area (Å²) in [6.45, 7) is 4.70. The topological polar surface area (TPSA) is 92.5 Å². The summed E-state index contributed by atoms with van der Waals surface area (Å²) in [7, 11) is 1.80. The third kappa shape index (κ3) is 7.05. The number of hydrogen-bond acceptors (Lipinski definition) is 6. The molecule has 2 heterocycles. The van der Waals surface area contributed by atoms with Crippen LogP contribution in [-0.2, 0) is 24.8 Å². The van der Waals surface area contributed by atoms with E-state index in [0.717, 1.165) is 18.7 Å². The predicted molar refractivity (Wildman–Crippen MR) is 111 cm³/mol. The van der Waals surface area contributed by atoms with Crippen LogP contribution in [0.1, 0.15) is 43.5 Å². The second-order valence-electron chi connectivity index (χ2n) is 7.48. The fourth-order valence-corrected chi connectivity index (χ4v) is 3.49. The fourth-order valence-electron chi connectivity index (χ4n) is 3.49. The maximum atomic E-state index is 10.7. The van der Waals surface area contributed by atoms with Crippen molar-refractivity contribution in [3.63, 3.8) is 0 Å². The molecule has 0 unspecified atom stereocenters. The number of carboxylic acids is 1. The summed E-state index contributed by atoms with van der Waals surface area (Å²) < 4.78 is 7.55. The number of carbonyl (C=O) groups is 1. The molecule has 0 atom stereocenters. The largest absolute Gasteiger partial charge is 0.494 e. The first-order chi connectivity index (χ1) is 14.1. The molecule has 2 aromatic rings. The maximum absolute atomic E-state index is 10.7. The minimum atomic E-state index is -0.843. The van der Waals surface area contributed by atoms with Gasteiger partial charge in [-0.1, -0.05) is 18.6 Å². The van der Waals surface area contributed by atoms with Gasteiger partial charge in [0.1, 0.15) is 5.75 Å². The summed E-state index contributed by atoms with van der Waals surface area (Å²) >= 11 is 0. The van der Waals surface area contributed by atoms with Gasteiger partial charge in [0.05, 0.1) is 13.0 Å². The van der Waals surface area contributed by atoms with E-state index in [4.69, 9.17) is 9.84 Å². The summed E-state index contributed by atoms with van der Waals surface area (Å²) in [6.07, 6.45) is 5.15. The number of nitrogens with one attached hydrogen (secondary N) is 1. The van der Waals surface area contributed by atoms with E-state index < -0.39 is 5.97 Å². The minimum Gasteiger partial charge on any atom is -0.494 e. The molecule has 0 spiro atoms. The number of hydrogen-bond donors (Lipinski definition) is 2. The number of anilines is 1. The number of piperidine rings is 1. The Hall–Kier alpha value is -2.61. The molecule has 1 fully saturated rings. The lowest BCUT2D eigenvalue weighted by Crippen LogP contribution is -2.29. The molecule has 1 aliphatic rings. The van der Waals surface area contributed by atoms with Gasteiger partial charge in [-0.3, -0.25) is 9.69 Å². The fraction of sp³-hybridized carbons (Fsp3) is 0.571. The highest BCUT2D eigenvalue weighted by Gasteiger charge is 2.11. The van der Waals surface area contributed by atoms with Crippen LogP contribution in [-0.4, -0.2) is 57.0 Å². The van der Waals surface area contributed by atoms with E-state index in [-0.39, 0.29) is 6.42 Å². The Morgan fingerprint density at radius 2 is 2.10 bits per heavy atom. The number of rotatable bonds is 11. The molecule has 8 nitrogen and oxygen atoms in total. The minimum absolute atomic E-state index is 0.0358. The Labute approximate surface area is 171 Å². The summed E-state index contributed by atoms with van der Waals surface area (Å²) in [5, 5.41) is 16.2. The standard InChI is InChI=1S/C21H31N5O3/c1-25-21(23-19(24-25)9-10-20(27)28)22-11-6-14-29-18-8-5-7-17(15-18)16-26-12-3-2-4-13-26/h5,7-8,15H,2-4,6,9-14,16H2,1H3,(H,27,28)(H,22,23,24). The number of aromatic nitrogens is 3. The van der Waals surface area contributed by atoms with Crippen LogP contribution in [0.2, 0.25) is 0 Å². The van der Waals surface area contributed by atoms with Gasteiger partial charge >= 0.3 is 5.97 Å². The van der Waals surface area contributed by atoms with Crippen molar-refractivity contribution in [2.75, 3.05) is 31.6 Å². The van der Waals surface area contributed by atoms with Crippen molar-refractivity contribution in [2.24, 2.45) is 7.05 Å². The van der Waals surface area contributed by atoms with Crippen LogP contribution < -0.4 is 10.1 Å². The lowest BCUT2D eigenvalue weighted by atomic mass is 10.1. The Bertz CT molecular complexity index is 786. The number of likely N-dealkylation sites (tertiary alicyclic amines) is 1. The lowest BCUT2D eigenvalue weighted by molar-refractivity contribution is -0.137. The molecule has 2 N–H and O–H groups in total. The smallest absolute Gasteiger partial charge is 0.303 e. The molecule has 1 aliphatic heterocycles. The number of ether oxygens (including phenoxy) is 1. The van der Waals surface area contributed by atoms with E-state index in [2.05, 4.69) is 38.5 Å². The summed E-state index contributed by atoms with van der Waals surface area (Å²) in [5.41, 5.74) is 1.30. The summed E-state index contributed by atoms with van der Waals surface area (Å²) in [4.78, 5) is 17.5. The molecule has 3 rings (SSSR count). The van der Waals surface area contributed by atoms with Crippen LogP contribution in [0.4, 0.5) is 5.95 Å². The normalized spacial score (nSPS) is 14.7. The first-order valence-corrected chi connectivity index (χ1v) is 10.4. The molecule has 29 heavy (non-hydrogen) atoms. The van der Waals surface area contributed by atoms with Crippen LogP contribution in [0.5, 0.6) is 5.75 Å². The Kier molecular flexibility index (Phi) is 7.86. The highest BCUT2D eigenvalue weighted by molar-refractivity contribution is 5.66. The van der Waals surface area contributed by atoms with Gasteiger partial charge in [0.2, 0.25) is 5.95 Å². The van der Waals surface area contributed by atoms with E-state index in [1.54, 1.807) is 11.7 Å². The number of carboxylic acid groups (broad SMARTS) is 1. The van der Waals surface area contributed by atoms with Crippen LogP contribution in [0.3, 0.4) is 0 Å². The Morgan fingerprint density at radius 3 is 2.90 bits per heavy atom. The van der Waals surface area contributed by atoms with Crippen molar-refractivity contribution in [1.82, 2.24) is 19.7 Å². The van der Waals surface area contributed by atoms with E-state index >= 15 is 0 Å². The average Bonchev–Trinajstić information content (AvgIpc) is 3.07. The third-order valence-electron chi connectivity index (χ3n) is 5.00. The Balaban J connectivity index is 1.37. The zero-order chi connectivity index (χ0) is 20.5. The second-order valence-corrected chi connectivity index (χ2v) is 7.48. The number of benzene rings is 1. The van der Waals surface area contributed by atoms with Crippen molar-refractivity contribution < 1.29 is 14.6 Å². The second kappa shape index (κ2) is 10.8. The van der Waals surface area contributed by atoms with Gasteiger partial charge in [-0.15, -0.1) is 0 Å². The first-order valence-electron chi connectivity index (χ1n) is 10.4. The Morgan fingerprint density at radius 1 is 1.28 bits per heavy atom. The van der Waals surface area contributed by atoms with Crippen LogP contribution in [0, 0.1) is 0 Å². The van der Waals surface area contributed by atoms with E-state index in [0.29, 0.717) is 31.3 Å². The third-order valence-corrected chi connectivity index (χ3v) is 5.00. The van der Waals surface area contributed by atoms with Gasteiger partial charge in [-0.25, -0.2) is 4.68 Å². The molecule has 1 aromatic heterocycles.